The number of fused-ring (bicyclic) bond motifs is 1. The van der Waals surface area contributed by atoms with E-state index in [1.165, 1.54) is 18.3 Å². The summed E-state index contributed by atoms with van der Waals surface area (Å²) in [7, 11) is 0. The summed E-state index contributed by atoms with van der Waals surface area (Å²) in [5, 5.41) is 14.1. The summed E-state index contributed by atoms with van der Waals surface area (Å²) in [6, 6.07) is 15.7. The van der Waals surface area contributed by atoms with Crippen LogP contribution >= 0.6 is 0 Å². The van der Waals surface area contributed by atoms with Gasteiger partial charge < -0.3 is 15.5 Å². The summed E-state index contributed by atoms with van der Waals surface area (Å²) in [6.07, 6.45) is -3.23. The fourth-order valence-electron chi connectivity index (χ4n) is 5.04. The Kier molecular flexibility index (Phi) is 8.51. The fraction of sp³-hybridized carbons (Fsp3) is 0.290. The van der Waals surface area contributed by atoms with Gasteiger partial charge in [-0.25, -0.2) is 0 Å². The Hall–Kier alpha value is -4.35. The van der Waals surface area contributed by atoms with Gasteiger partial charge in [0.1, 0.15) is 0 Å². The fourth-order valence-corrected chi connectivity index (χ4v) is 5.04. The zero-order valence-corrected chi connectivity index (χ0v) is 23.3. The molecule has 2 N–H and O–H groups in total. The largest absolute Gasteiger partial charge is 0.416 e. The van der Waals surface area contributed by atoms with Gasteiger partial charge in [0.25, 0.3) is 11.8 Å². The molecule has 42 heavy (non-hydrogen) atoms. The minimum absolute atomic E-state index is 0.109. The number of hydrogen-bond acceptors (Lipinski definition) is 6. The highest BCUT2D eigenvalue weighted by molar-refractivity contribution is 6.12. The van der Waals surface area contributed by atoms with Gasteiger partial charge in [0.15, 0.2) is 0 Å². The molecule has 11 heteroatoms. The van der Waals surface area contributed by atoms with Crippen LogP contribution in [-0.2, 0) is 12.7 Å². The van der Waals surface area contributed by atoms with Crippen LogP contribution < -0.4 is 10.6 Å². The monoisotopic (exact) mass is 576 g/mol. The van der Waals surface area contributed by atoms with E-state index in [0.29, 0.717) is 40.9 Å². The first-order valence-corrected chi connectivity index (χ1v) is 13.7. The topological polar surface area (TPSA) is 90.5 Å². The minimum Gasteiger partial charge on any atom is -0.322 e. The molecule has 0 unspecified atom stereocenters. The lowest BCUT2D eigenvalue weighted by molar-refractivity contribution is -0.138. The normalized spacial score (nSPS) is 14.6. The number of aromatic nitrogens is 2. The molecule has 1 fully saturated rings. The standard InChI is InChI=1S/C31H31F3N6O2/c1-3-39-12-14-40(15-13-39)19-22-10-9-21(16-26(22)31(32,33)34)29(41)36-23-11-8-20(2)28(17-23)37-30(42)25-18-35-38-27-7-5-4-6-24(25)27/h4-11,16-18H,3,12-15,19H2,1-2H3,(H,36,41)(H,37,42). The van der Waals surface area contributed by atoms with E-state index >= 15 is 0 Å². The smallest absolute Gasteiger partial charge is 0.322 e. The zero-order chi connectivity index (χ0) is 29.9. The van der Waals surface area contributed by atoms with Crippen molar-refractivity contribution in [3.63, 3.8) is 0 Å². The van der Waals surface area contributed by atoms with Crippen LogP contribution in [0.2, 0.25) is 0 Å². The maximum absolute atomic E-state index is 14.0. The molecule has 5 rings (SSSR count). The van der Waals surface area contributed by atoms with Crippen molar-refractivity contribution in [1.82, 2.24) is 20.0 Å². The molecule has 8 nitrogen and oxygen atoms in total. The molecule has 218 valence electrons. The van der Waals surface area contributed by atoms with E-state index in [-0.39, 0.29) is 17.7 Å². The van der Waals surface area contributed by atoms with Crippen molar-refractivity contribution >= 4 is 34.1 Å². The number of carbonyl (C=O) groups is 2. The SMILES string of the molecule is CCN1CCN(Cc2ccc(C(=O)Nc3ccc(C)c(NC(=O)c4cnnc5ccccc45)c3)cc2C(F)(F)F)CC1. The van der Waals surface area contributed by atoms with Crippen LogP contribution in [-0.4, -0.2) is 64.5 Å². The van der Waals surface area contributed by atoms with Crippen molar-refractivity contribution in [2.24, 2.45) is 0 Å². The van der Waals surface area contributed by atoms with Crippen molar-refractivity contribution in [1.29, 1.82) is 0 Å². The van der Waals surface area contributed by atoms with Gasteiger partial charge in [0.05, 0.1) is 22.8 Å². The number of benzene rings is 3. The first-order valence-electron chi connectivity index (χ1n) is 13.7. The third-order valence-corrected chi connectivity index (χ3v) is 7.52. The minimum atomic E-state index is -4.61. The molecule has 0 atom stereocenters. The van der Waals surface area contributed by atoms with Gasteiger partial charge >= 0.3 is 6.18 Å². The summed E-state index contributed by atoms with van der Waals surface area (Å²) in [6.45, 7) is 7.94. The number of aryl methyl sites for hydroxylation is 1. The Morgan fingerprint density at radius 3 is 2.38 bits per heavy atom. The molecule has 2 heterocycles. The number of halogens is 3. The van der Waals surface area contributed by atoms with Crippen molar-refractivity contribution in [3.05, 3.63) is 94.7 Å². The molecule has 1 aliphatic heterocycles. The quantitative estimate of drug-likeness (QED) is 0.298. The van der Waals surface area contributed by atoms with Crippen LogP contribution in [0.4, 0.5) is 24.5 Å². The molecule has 4 aromatic rings. The molecule has 1 aromatic heterocycles. The first-order chi connectivity index (χ1) is 20.1. The summed E-state index contributed by atoms with van der Waals surface area (Å²) >= 11 is 0. The molecular weight excluding hydrogens is 545 g/mol. The number of rotatable bonds is 7. The number of carbonyl (C=O) groups excluding carboxylic acids is 2. The lowest BCUT2D eigenvalue weighted by Crippen LogP contribution is -2.45. The summed E-state index contributed by atoms with van der Waals surface area (Å²) in [4.78, 5) is 30.4. The van der Waals surface area contributed by atoms with E-state index in [0.717, 1.165) is 31.3 Å². The van der Waals surface area contributed by atoms with Crippen LogP contribution in [0.15, 0.2) is 66.9 Å². The molecule has 1 aliphatic rings. The molecule has 0 aliphatic carbocycles. The highest BCUT2D eigenvalue weighted by Gasteiger charge is 2.34. The second-order valence-electron chi connectivity index (χ2n) is 10.3. The number of hydrogen-bond donors (Lipinski definition) is 2. The predicted octanol–water partition coefficient (Wildman–Crippen LogP) is 5.60. The highest BCUT2D eigenvalue weighted by Crippen LogP contribution is 2.34. The number of alkyl halides is 3. The zero-order valence-electron chi connectivity index (χ0n) is 23.3. The van der Waals surface area contributed by atoms with Gasteiger partial charge in [0.2, 0.25) is 0 Å². The number of amides is 2. The van der Waals surface area contributed by atoms with Crippen molar-refractivity contribution in [2.45, 2.75) is 26.6 Å². The Labute approximate surface area is 241 Å². The van der Waals surface area contributed by atoms with E-state index in [9.17, 15) is 22.8 Å². The van der Waals surface area contributed by atoms with Crippen LogP contribution in [0.1, 0.15) is 44.3 Å². The lowest BCUT2D eigenvalue weighted by Gasteiger charge is -2.34. The Bertz CT molecular complexity index is 1610. The first kappa shape index (κ1) is 29.2. The van der Waals surface area contributed by atoms with E-state index in [4.69, 9.17) is 0 Å². The Balaban J connectivity index is 1.32. The second kappa shape index (κ2) is 12.3. The van der Waals surface area contributed by atoms with Gasteiger partial charge in [-0.1, -0.05) is 37.3 Å². The van der Waals surface area contributed by atoms with Crippen molar-refractivity contribution < 1.29 is 22.8 Å². The van der Waals surface area contributed by atoms with E-state index in [1.807, 2.05) is 4.90 Å². The molecule has 0 saturated carbocycles. The Morgan fingerprint density at radius 2 is 1.64 bits per heavy atom. The van der Waals surface area contributed by atoms with E-state index < -0.39 is 23.6 Å². The molecule has 0 bridgehead atoms. The van der Waals surface area contributed by atoms with Crippen molar-refractivity contribution in [3.8, 4) is 0 Å². The average molecular weight is 577 g/mol. The molecule has 0 spiro atoms. The second-order valence-corrected chi connectivity index (χ2v) is 10.3. The van der Waals surface area contributed by atoms with Crippen LogP contribution in [0.25, 0.3) is 10.9 Å². The number of anilines is 2. The Morgan fingerprint density at radius 1 is 0.905 bits per heavy atom. The molecule has 2 amide bonds. The maximum atomic E-state index is 14.0. The van der Waals surface area contributed by atoms with Gasteiger partial charge in [-0.3, -0.25) is 14.5 Å². The molecule has 1 saturated heterocycles. The van der Waals surface area contributed by atoms with Gasteiger partial charge in [-0.2, -0.15) is 23.4 Å². The van der Waals surface area contributed by atoms with E-state index in [1.54, 1.807) is 49.4 Å². The lowest BCUT2D eigenvalue weighted by atomic mass is 10.0. The molecular formula is C31H31F3N6O2. The van der Waals surface area contributed by atoms with Crippen LogP contribution in [0.5, 0.6) is 0 Å². The maximum Gasteiger partial charge on any atom is 0.416 e. The molecule has 3 aromatic carbocycles. The number of likely N-dealkylation sites (N-methyl/N-ethyl adjacent to an activating group) is 1. The summed E-state index contributed by atoms with van der Waals surface area (Å²) in [5.41, 5.74) is 1.62. The third kappa shape index (κ3) is 6.58. The average Bonchev–Trinajstić information content (AvgIpc) is 2.98. The summed E-state index contributed by atoms with van der Waals surface area (Å²) < 4.78 is 42.1. The van der Waals surface area contributed by atoms with E-state index in [2.05, 4.69) is 32.7 Å². The highest BCUT2D eigenvalue weighted by atomic mass is 19.4. The van der Waals surface area contributed by atoms with Crippen LogP contribution in [0, 0.1) is 6.92 Å². The number of piperazine rings is 1. The van der Waals surface area contributed by atoms with Gasteiger partial charge in [-0.15, -0.1) is 0 Å². The third-order valence-electron chi connectivity index (χ3n) is 7.52. The van der Waals surface area contributed by atoms with Gasteiger partial charge in [-0.05, 0) is 54.9 Å². The number of nitrogens with one attached hydrogen (secondary N) is 2. The number of nitrogens with zero attached hydrogens (tertiary/aromatic N) is 4. The predicted molar refractivity (Wildman–Crippen MR) is 155 cm³/mol. The van der Waals surface area contributed by atoms with Crippen molar-refractivity contribution in [2.75, 3.05) is 43.4 Å². The molecule has 0 radical (unpaired) electrons. The van der Waals surface area contributed by atoms with Crippen LogP contribution in [0.3, 0.4) is 0 Å². The van der Waals surface area contributed by atoms with Gasteiger partial charge in [0, 0.05) is 55.0 Å². The summed E-state index contributed by atoms with van der Waals surface area (Å²) in [5.74, 6) is -1.09.